The summed E-state index contributed by atoms with van der Waals surface area (Å²) in [4.78, 5) is 25.6. The third-order valence-electron chi connectivity index (χ3n) is 3.02. The zero-order valence-corrected chi connectivity index (χ0v) is 12.9. The van der Waals surface area contributed by atoms with Crippen molar-refractivity contribution in [2.75, 3.05) is 13.2 Å². The number of amides is 1. The maximum Gasteiger partial charge on any atom is 0.410 e. The molecule has 7 heteroatoms. The molecule has 1 aliphatic rings. The molecule has 0 saturated carbocycles. The Hall–Kier alpha value is -2.05. The van der Waals surface area contributed by atoms with Gasteiger partial charge in [-0.2, -0.15) is 5.10 Å². The van der Waals surface area contributed by atoms with Gasteiger partial charge >= 0.3 is 12.1 Å². The Balaban J connectivity index is 2.14. The Labute approximate surface area is 123 Å². The fraction of sp³-hybridized carbons (Fsp3) is 0.643. The van der Waals surface area contributed by atoms with Crippen LogP contribution in [-0.4, -0.2) is 45.5 Å². The van der Waals surface area contributed by atoms with E-state index in [4.69, 9.17) is 9.47 Å². The molecule has 0 spiro atoms. The highest BCUT2D eigenvalue weighted by Gasteiger charge is 2.29. The molecule has 0 aliphatic carbocycles. The van der Waals surface area contributed by atoms with Crippen molar-refractivity contribution in [2.24, 2.45) is 0 Å². The maximum atomic E-state index is 12.1. The number of fused-ring (bicyclic) bond motifs is 1. The van der Waals surface area contributed by atoms with Gasteiger partial charge in [0.25, 0.3) is 0 Å². The van der Waals surface area contributed by atoms with Gasteiger partial charge in [0.1, 0.15) is 11.2 Å². The van der Waals surface area contributed by atoms with Crippen LogP contribution in [0.3, 0.4) is 0 Å². The first-order valence-corrected chi connectivity index (χ1v) is 7.01. The van der Waals surface area contributed by atoms with Crippen LogP contribution in [0.5, 0.6) is 0 Å². The zero-order valence-electron chi connectivity index (χ0n) is 12.9. The van der Waals surface area contributed by atoms with Crippen LogP contribution >= 0.6 is 0 Å². The minimum Gasteiger partial charge on any atom is -0.462 e. The van der Waals surface area contributed by atoms with E-state index in [1.54, 1.807) is 16.5 Å². The van der Waals surface area contributed by atoms with Gasteiger partial charge in [-0.25, -0.2) is 9.59 Å². The summed E-state index contributed by atoms with van der Waals surface area (Å²) >= 11 is 0. The van der Waals surface area contributed by atoms with Crippen molar-refractivity contribution in [1.82, 2.24) is 14.7 Å². The van der Waals surface area contributed by atoms with Gasteiger partial charge in [0.05, 0.1) is 31.6 Å². The van der Waals surface area contributed by atoms with Crippen LogP contribution in [-0.2, 0) is 22.6 Å². The molecular weight excluding hydrogens is 274 g/mol. The SMILES string of the molecule is CCOC(=O)c1cnn2c1CN(C(=O)OC(C)(C)C)CC2. The number of hydrogen-bond acceptors (Lipinski definition) is 5. The summed E-state index contributed by atoms with van der Waals surface area (Å²) in [5.41, 5.74) is 0.550. The van der Waals surface area contributed by atoms with Crippen molar-refractivity contribution in [2.45, 2.75) is 46.4 Å². The lowest BCUT2D eigenvalue weighted by atomic mass is 10.2. The standard InChI is InChI=1S/C14H21N3O4/c1-5-20-12(18)10-8-15-17-7-6-16(9-11(10)17)13(19)21-14(2,3)4/h8H,5-7,9H2,1-4H3. The molecule has 2 rings (SSSR count). The first-order chi connectivity index (χ1) is 9.81. The highest BCUT2D eigenvalue weighted by atomic mass is 16.6. The van der Waals surface area contributed by atoms with Crippen molar-refractivity contribution in [3.63, 3.8) is 0 Å². The first-order valence-electron chi connectivity index (χ1n) is 7.01. The molecule has 1 aromatic heterocycles. The average Bonchev–Trinajstić information content (AvgIpc) is 2.79. The van der Waals surface area contributed by atoms with Crippen molar-refractivity contribution in [1.29, 1.82) is 0 Å². The van der Waals surface area contributed by atoms with Crippen LogP contribution < -0.4 is 0 Å². The Morgan fingerprint density at radius 3 is 2.67 bits per heavy atom. The molecule has 0 atom stereocenters. The van der Waals surface area contributed by atoms with E-state index < -0.39 is 11.6 Å². The fourth-order valence-electron chi connectivity index (χ4n) is 2.11. The van der Waals surface area contributed by atoms with Crippen molar-refractivity contribution in [3.8, 4) is 0 Å². The lowest BCUT2D eigenvalue weighted by molar-refractivity contribution is 0.0190. The summed E-state index contributed by atoms with van der Waals surface area (Å²) in [5.74, 6) is -0.412. The van der Waals surface area contributed by atoms with Gasteiger partial charge < -0.3 is 14.4 Å². The van der Waals surface area contributed by atoms with Crippen LogP contribution in [0.2, 0.25) is 0 Å². The quantitative estimate of drug-likeness (QED) is 0.778. The molecule has 1 amide bonds. The number of carbonyl (C=O) groups is 2. The predicted octanol–water partition coefficient (Wildman–Crippen LogP) is 1.81. The summed E-state index contributed by atoms with van der Waals surface area (Å²) in [5, 5.41) is 4.17. The molecule has 7 nitrogen and oxygen atoms in total. The smallest absolute Gasteiger partial charge is 0.410 e. The van der Waals surface area contributed by atoms with Crippen LogP contribution in [0.25, 0.3) is 0 Å². The van der Waals surface area contributed by atoms with E-state index in [9.17, 15) is 9.59 Å². The number of carbonyl (C=O) groups excluding carboxylic acids is 2. The molecule has 116 valence electrons. The number of nitrogens with zero attached hydrogens (tertiary/aromatic N) is 3. The van der Waals surface area contributed by atoms with Gasteiger partial charge in [0.2, 0.25) is 0 Å². The van der Waals surface area contributed by atoms with Gasteiger partial charge in [-0.3, -0.25) is 4.68 Å². The minimum absolute atomic E-state index is 0.295. The lowest BCUT2D eigenvalue weighted by Gasteiger charge is -2.30. The molecule has 1 aromatic rings. The van der Waals surface area contributed by atoms with Crippen LogP contribution in [0.1, 0.15) is 43.7 Å². The summed E-state index contributed by atoms with van der Waals surface area (Å²) < 4.78 is 12.1. The van der Waals surface area contributed by atoms with Gasteiger partial charge in [-0.1, -0.05) is 0 Å². The largest absolute Gasteiger partial charge is 0.462 e. The van der Waals surface area contributed by atoms with Crippen LogP contribution in [0.15, 0.2) is 6.20 Å². The fourth-order valence-corrected chi connectivity index (χ4v) is 2.11. The molecule has 2 heterocycles. The predicted molar refractivity (Wildman–Crippen MR) is 74.8 cm³/mol. The molecular formula is C14H21N3O4. The third-order valence-corrected chi connectivity index (χ3v) is 3.02. The zero-order chi connectivity index (χ0) is 15.6. The first kappa shape index (κ1) is 15.3. The van der Waals surface area contributed by atoms with E-state index in [0.29, 0.717) is 37.5 Å². The van der Waals surface area contributed by atoms with Crippen molar-refractivity contribution < 1.29 is 19.1 Å². The second-order valence-electron chi connectivity index (χ2n) is 5.85. The molecule has 0 radical (unpaired) electrons. The van der Waals surface area contributed by atoms with E-state index in [2.05, 4.69) is 5.10 Å². The summed E-state index contributed by atoms with van der Waals surface area (Å²) in [7, 11) is 0. The Kier molecular flexibility index (Phi) is 4.20. The number of aromatic nitrogens is 2. The van der Waals surface area contributed by atoms with Gasteiger partial charge in [-0.15, -0.1) is 0 Å². The molecule has 0 saturated heterocycles. The molecule has 0 aromatic carbocycles. The summed E-state index contributed by atoms with van der Waals surface area (Å²) in [6, 6.07) is 0. The van der Waals surface area contributed by atoms with Crippen LogP contribution in [0, 0.1) is 0 Å². The Morgan fingerprint density at radius 1 is 1.33 bits per heavy atom. The second-order valence-corrected chi connectivity index (χ2v) is 5.85. The minimum atomic E-state index is -0.543. The average molecular weight is 295 g/mol. The number of rotatable bonds is 2. The van der Waals surface area contributed by atoms with E-state index in [1.165, 1.54) is 6.20 Å². The maximum absolute atomic E-state index is 12.1. The molecule has 0 bridgehead atoms. The van der Waals surface area contributed by atoms with Crippen molar-refractivity contribution >= 4 is 12.1 Å². The number of hydrogen-bond donors (Lipinski definition) is 0. The lowest BCUT2D eigenvalue weighted by Crippen LogP contribution is -2.42. The second kappa shape index (κ2) is 5.75. The van der Waals surface area contributed by atoms with E-state index in [-0.39, 0.29) is 6.09 Å². The third kappa shape index (κ3) is 3.53. The topological polar surface area (TPSA) is 73.7 Å². The van der Waals surface area contributed by atoms with Gasteiger partial charge in [0, 0.05) is 6.54 Å². The van der Waals surface area contributed by atoms with E-state index in [0.717, 1.165) is 0 Å². The van der Waals surface area contributed by atoms with E-state index >= 15 is 0 Å². The van der Waals surface area contributed by atoms with Crippen LogP contribution in [0.4, 0.5) is 4.79 Å². The molecule has 0 unspecified atom stereocenters. The van der Waals surface area contributed by atoms with Crippen molar-refractivity contribution in [3.05, 3.63) is 17.5 Å². The van der Waals surface area contributed by atoms with Gasteiger partial charge in [-0.05, 0) is 27.7 Å². The number of esters is 1. The highest BCUT2D eigenvalue weighted by molar-refractivity contribution is 5.90. The van der Waals surface area contributed by atoms with E-state index in [1.807, 2.05) is 20.8 Å². The molecule has 1 aliphatic heterocycles. The highest BCUT2D eigenvalue weighted by Crippen LogP contribution is 2.19. The summed E-state index contributed by atoms with van der Waals surface area (Å²) in [6.45, 7) is 8.86. The normalized spacial score (nSPS) is 14.6. The summed E-state index contributed by atoms with van der Waals surface area (Å²) in [6.07, 6.45) is 1.11. The molecule has 0 N–H and O–H groups in total. The monoisotopic (exact) mass is 295 g/mol. The molecule has 0 fully saturated rings. The Morgan fingerprint density at radius 2 is 2.05 bits per heavy atom. The Bertz CT molecular complexity index is 545. The molecule has 21 heavy (non-hydrogen) atoms. The number of ether oxygens (including phenoxy) is 2. The van der Waals surface area contributed by atoms with Gasteiger partial charge in [0.15, 0.2) is 0 Å².